The summed E-state index contributed by atoms with van der Waals surface area (Å²) in [4.78, 5) is 4.25. The molecule has 0 aliphatic carbocycles. The number of hydrogen-bond acceptors (Lipinski definition) is 3. The lowest BCUT2D eigenvalue weighted by molar-refractivity contribution is 0.417. The second-order valence-electron chi connectivity index (χ2n) is 3.01. The van der Waals surface area contributed by atoms with E-state index in [0.29, 0.717) is 5.82 Å². The fourth-order valence-electron chi connectivity index (χ4n) is 1.42. The summed E-state index contributed by atoms with van der Waals surface area (Å²) in [6.07, 6.45) is 0. The number of anilines is 1. The van der Waals surface area contributed by atoms with Crippen molar-refractivity contribution in [1.29, 1.82) is 0 Å². The van der Waals surface area contributed by atoms with Crippen molar-refractivity contribution >= 4 is 48.6 Å². The predicted molar refractivity (Wildman–Crippen MR) is 68.1 cm³/mol. The zero-order chi connectivity index (χ0) is 11.0. The second kappa shape index (κ2) is 3.98. The van der Waals surface area contributed by atoms with Crippen LogP contribution in [0.15, 0.2) is 27.1 Å². The Morgan fingerprint density at radius 3 is 2.67 bits per heavy atom. The van der Waals surface area contributed by atoms with Gasteiger partial charge in [-0.15, -0.1) is 0 Å². The van der Waals surface area contributed by atoms with Gasteiger partial charge in [-0.1, -0.05) is 0 Å². The zero-order valence-electron chi connectivity index (χ0n) is 7.92. The highest BCUT2D eigenvalue weighted by atomic mass is 79.9. The largest absolute Gasteiger partial charge is 0.495 e. The Morgan fingerprint density at radius 2 is 2.00 bits per heavy atom. The summed E-state index contributed by atoms with van der Waals surface area (Å²) in [6.45, 7) is 0. The van der Waals surface area contributed by atoms with Gasteiger partial charge in [-0.25, -0.2) is 4.98 Å². The molecule has 1 aromatic carbocycles. The molecule has 78 valence electrons. The molecule has 0 unspecified atom stereocenters. The topological polar surface area (TPSA) is 48.1 Å². The third-order valence-electron chi connectivity index (χ3n) is 2.06. The van der Waals surface area contributed by atoms with Crippen LogP contribution in [0, 0.1) is 0 Å². The van der Waals surface area contributed by atoms with Crippen LogP contribution in [-0.2, 0) is 0 Å². The van der Waals surface area contributed by atoms with E-state index in [1.54, 1.807) is 13.2 Å². The molecule has 1 heterocycles. The van der Waals surface area contributed by atoms with Gasteiger partial charge in [0.2, 0.25) is 0 Å². The van der Waals surface area contributed by atoms with Gasteiger partial charge in [-0.3, -0.25) is 0 Å². The number of nitrogen functional groups attached to an aromatic ring is 1. The number of halogens is 2. The Morgan fingerprint density at radius 1 is 1.27 bits per heavy atom. The molecule has 0 bridgehead atoms. The molecule has 5 heteroatoms. The summed E-state index contributed by atoms with van der Waals surface area (Å²) in [7, 11) is 1.63. The van der Waals surface area contributed by atoms with Gasteiger partial charge in [0.1, 0.15) is 11.6 Å². The highest BCUT2D eigenvalue weighted by Crippen LogP contribution is 2.37. The van der Waals surface area contributed by atoms with Gasteiger partial charge >= 0.3 is 0 Å². The van der Waals surface area contributed by atoms with Crippen LogP contribution in [-0.4, -0.2) is 12.1 Å². The first-order valence-electron chi connectivity index (χ1n) is 4.21. The van der Waals surface area contributed by atoms with Crippen molar-refractivity contribution in [2.24, 2.45) is 0 Å². The van der Waals surface area contributed by atoms with E-state index in [1.807, 2.05) is 12.1 Å². The minimum atomic E-state index is 0.493. The van der Waals surface area contributed by atoms with Crippen LogP contribution in [0.5, 0.6) is 5.75 Å². The molecule has 1 aromatic heterocycles. The van der Waals surface area contributed by atoms with Crippen molar-refractivity contribution in [2.45, 2.75) is 0 Å². The molecule has 0 saturated carbocycles. The van der Waals surface area contributed by atoms with E-state index in [2.05, 4.69) is 36.8 Å². The maximum absolute atomic E-state index is 5.64. The Balaban J connectivity index is 2.90. The van der Waals surface area contributed by atoms with E-state index < -0.39 is 0 Å². The summed E-state index contributed by atoms with van der Waals surface area (Å²) in [5.74, 6) is 1.26. The van der Waals surface area contributed by atoms with Gasteiger partial charge in [0, 0.05) is 9.86 Å². The number of hydrogen-bond donors (Lipinski definition) is 1. The van der Waals surface area contributed by atoms with E-state index in [0.717, 1.165) is 25.6 Å². The number of nitrogens with zero attached hydrogens (tertiary/aromatic N) is 1. The van der Waals surface area contributed by atoms with Crippen molar-refractivity contribution in [3.8, 4) is 5.75 Å². The minimum absolute atomic E-state index is 0.493. The van der Waals surface area contributed by atoms with Crippen molar-refractivity contribution in [3.05, 3.63) is 27.1 Å². The molecule has 0 amide bonds. The molecule has 15 heavy (non-hydrogen) atoms. The lowest BCUT2D eigenvalue weighted by atomic mass is 10.2. The summed E-state index contributed by atoms with van der Waals surface area (Å²) < 4.78 is 7.08. The van der Waals surface area contributed by atoms with Gasteiger partial charge in [-0.2, -0.15) is 0 Å². The third-order valence-corrected chi connectivity index (χ3v) is 3.26. The summed E-state index contributed by atoms with van der Waals surface area (Å²) >= 11 is 6.87. The van der Waals surface area contributed by atoms with E-state index in [4.69, 9.17) is 10.5 Å². The number of nitrogens with two attached hydrogens (primary N) is 1. The van der Waals surface area contributed by atoms with Crippen molar-refractivity contribution in [1.82, 2.24) is 4.98 Å². The lowest BCUT2D eigenvalue weighted by Gasteiger charge is -2.09. The molecule has 2 aromatic rings. The van der Waals surface area contributed by atoms with Crippen molar-refractivity contribution in [3.63, 3.8) is 0 Å². The third kappa shape index (κ3) is 1.81. The highest BCUT2D eigenvalue weighted by Gasteiger charge is 2.10. The van der Waals surface area contributed by atoms with Gasteiger partial charge < -0.3 is 10.5 Å². The highest BCUT2D eigenvalue weighted by molar-refractivity contribution is 9.11. The molecule has 0 saturated heterocycles. The Labute approximate surface area is 104 Å². The maximum Gasteiger partial charge on any atom is 0.142 e. The first kappa shape index (κ1) is 10.7. The quantitative estimate of drug-likeness (QED) is 0.871. The molecular formula is C10H8Br2N2O. The maximum atomic E-state index is 5.64. The first-order chi connectivity index (χ1) is 7.13. The number of rotatable bonds is 1. The monoisotopic (exact) mass is 330 g/mol. The average molecular weight is 332 g/mol. The van der Waals surface area contributed by atoms with E-state index in [-0.39, 0.29) is 0 Å². The molecule has 0 atom stereocenters. The first-order valence-corrected chi connectivity index (χ1v) is 5.80. The average Bonchev–Trinajstić information content (AvgIpc) is 2.19. The summed E-state index contributed by atoms with van der Waals surface area (Å²) in [6, 6.07) is 5.54. The molecule has 0 spiro atoms. The normalized spacial score (nSPS) is 10.6. The smallest absolute Gasteiger partial charge is 0.142 e. The standard InChI is InChI=1S/C10H8Br2N2O/c1-15-10-5-2-3-8(13)14-9(5)6(11)4-7(10)12/h2-4H,1H3,(H2,13,14). The Hall–Kier alpha value is -0.810. The molecule has 0 fully saturated rings. The SMILES string of the molecule is COc1c(Br)cc(Br)c2nc(N)ccc12. The number of benzene rings is 1. The Kier molecular flexibility index (Phi) is 2.84. The molecule has 2 N–H and O–H groups in total. The minimum Gasteiger partial charge on any atom is -0.495 e. The van der Waals surface area contributed by atoms with Crippen molar-refractivity contribution in [2.75, 3.05) is 12.8 Å². The lowest BCUT2D eigenvalue weighted by Crippen LogP contribution is -1.93. The van der Waals surface area contributed by atoms with Gasteiger partial charge in [0.25, 0.3) is 0 Å². The zero-order valence-corrected chi connectivity index (χ0v) is 11.1. The molecular weight excluding hydrogens is 324 g/mol. The number of ether oxygens (including phenoxy) is 1. The van der Waals surface area contributed by atoms with Crippen LogP contribution in [0.1, 0.15) is 0 Å². The molecule has 2 rings (SSSR count). The second-order valence-corrected chi connectivity index (χ2v) is 4.71. The van der Waals surface area contributed by atoms with Crippen LogP contribution < -0.4 is 10.5 Å². The fraction of sp³-hybridized carbons (Fsp3) is 0.100. The predicted octanol–water partition coefficient (Wildman–Crippen LogP) is 3.35. The molecule has 3 nitrogen and oxygen atoms in total. The molecule has 0 aliphatic rings. The number of pyridine rings is 1. The van der Waals surface area contributed by atoms with E-state index in [9.17, 15) is 0 Å². The van der Waals surface area contributed by atoms with Gasteiger partial charge in [0.15, 0.2) is 0 Å². The molecule has 0 radical (unpaired) electrons. The van der Waals surface area contributed by atoms with Gasteiger partial charge in [0.05, 0.1) is 17.1 Å². The van der Waals surface area contributed by atoms with Crippen LogP contribution in [0.3, 0.4) is 0 Å². The van der Waals surface area contributed by atoms with Crippen molar-refractivity contribution < 1.29 is 4.74 Å². The van der Waals surface area contributed by atoms with E-state index in [1.165, 1.54) is 0 Å². The van der Waals surface area contributed by atoms with Crippen LogP contribution in [0.4, 0.5) is 5.82 Å². The summed E-state index contributed by atoms with van der Waals surface area (Å²) in [5.41, 5.74) is 6.44. The van der Waals surface area contributed by atoms with Gasteiger partial charge in [-0.05, 0) is 50.1 Å². The summed E-state index contributed by atoms with van der Waals surface area (Å²) in [5, 5.41) is 0.924. The fourth-order valence-corrected chi connectivity index (χ4v) is 2.86. The van der Waals surface area contributed by atoms with E-state index >= 15 is 0 Å². The number of methoxy groups -OCH3 is 1. The van der Waals surface area contributed by atoms with Crippen LogP contribution >= 0.6 is 31.9 Å². The van der Waals surface area contributed by atoms with Crippen LogP contribution in [0.2, 0.25) is 0 Å². The molecule has 0 aliphatic heterocycles. The number of fused-ring (bicyclic) bond motifs is 1. The Bertz CT molecular complexity index is 528. The number of aromatic nitrogens is 1. The van der Waals surface area contributed by atoms with Crippen LogP contribution in [0.25, 0.3) is 10.9 Å².